The highest BCUT2D eigenvalue weighted by atomic mass is 16.5. The first-order valence-electron chi connectivity index (χ1n) is 9.15. The zero-order valence-electron chi connectivity index (χ0n) is 14.8. The van der Waals surface area contributed by atoms with Crippen LogP contribution < -0.4 is 10.1 Å². The summed E-state index contributed by atoms with van der Waals surface area (Å²) in [5.41, 5.74) is 0.637. The lowest BCUT2D eigenvalue weighted by Gasteiger charge is -2.29. The molecular formula is C20H29NO3. The molecule has 1 aliphatic rings. The van der Waals surface area contributed by atoms with Crippen LogP contribution in [-0.2, 0) is 4.79 Å². The average molecular weight is 331 g/mol. The molecule has 2 unspecified atom stereocenters. The summed E-state index contributed by atoms with van der Waals surface area (Å²) in [5.74, 6) is 1.31. The van der Waals surface area contributed by atoms with Crippen LogP contribution in [0.5, 0.6) is 5.75 Å². The van der Waals surface area contributed by atoms with Crippen molar-refractivity contribution in [3.8, 4) is 5.75 Å². The quantitative estimate of drug-likeness (QED) is 0.729. The molecule has 1 aromatic rings. The molecule has 4 heteroatoms. The molecule has 1 aromatic carbocycles. The summed E-state index contributed by atoms with van der Waals surface area (Å²) in [5, 5.41) is 3.10. The number of amides is 1. The summed E-state index contributed by atoms with van der Waals surface area (Å²) < 4.78 is 5.51. The highest BCUT2D eigenvalue weighted by molar-refractivity contribution is 5.98. The lowest BCUT2D eigenvalue weighted by molar-refractivity contribution is -0.122. The molecule has 0 saturated heterocycles. The van der Waals surface area contributed by atoms with Gasteiger partial charge in [0.25, 0.3) is 0 Å². The molecule has 1 N–H and O–H groups in total. The van der Waals surface area contributed by atoms with E-state index in [4.69, 9.17) is 4.74 Å². The molecule has 0 aliphatic heterocycles. The molecule has 0 spiro atoms. The first kappa shape index (κ1) is 18.5. The lowest BCUT2D eigenvalue weighted by Crippen LogP contribution is -2.41. The van der Waals surface area contributed by atoms with Crippen molar-refractivity contribution in [1.29, 1.82) is 0 Å². The van der Waals surface area contributed by atoms with E-state index < -0.39 is 0 Å². The number of benzene rings is 1. The molecule has 0 bridgehead atoms. The zero-order chi connectivity index (χ0) is 17.4. The normalized spacial score (nSPS) is 20.4. The van der Waals surface area contributed by atoms with E-state index in [1.54, 1.807) is 12.1 Å². The first-order valence-corrected chi connectivity index (χ1v) is 9.15. The van der Waals surface area contributed by atoms with Gasteiger partial charge in [-0.05, 0) is 49.4 Å². The monoisotopic (exact) mass is 331 g/mol. The molecular weight excluding hydrogens is 302 g/mol. The van der Waals surface area contributed by atoms with Gasteiger partial charge >= 0.3 is 0 Å². The van der Waals surface area contributed by atoms with Crippen LogP contribution in [0, 0.1) is 5.92 Å². The fourth-order valence-corrected chi connectivity index (χ4v) is 3.14. The van der Waals surface area contributed by atoms with Gasteiger partial charge in [-0.15, -0.1) is 0 Å². The summed E-state index contributed by atoms with van der Waals surface area (Å²) in [6.45, 7) is 4.92. The summed E-state index contributed by atoms with van der Waals surface area (Å²) >= 11 is 0. The number of hydrogen-bond donors (Lipinski definition) is 1. The third-order valence-corrected chi connectivity index (χ3v) is 4.69. The van der Waals surface area contributed by atoms with Crippen molar-refractivity contribution in [2.75, 3.05) is 6.61 Å². The standard InChI is InChI=1S/C20H29NO3/c1-3-14-24-17-10-8-16(9-11-17)19(22)12-13-20(23)21-18-7-5-4-6-15(18)2/h8-11,15,18H,3-7,12-14H2,1-2H3,(H,21,23). The minimum atomic E-state index is -0.00926. The number of hydrogen-bond acceptors (Lipinski definition) is 3. The van der Waals surface area contributed by atoms with E-state index in [0.29, 0.717) is 18.1 Å². The third-order valence-electron chi connectivity index (χ3n) is 4.69. The van der Waals surface area contributed by atoms with Gasteiger partial charge in [-0.25, -0.2) is 0 Å². The third kappa shape index (κ3) is 5.66. The summed E-state index contributed by atoms with van der Waals surface area (Å²) in [6.07, 6.45) is 6.13. The second-order valence-corrected chi connectivity index (χ2v) is 6.73. The highest BCUT2D eigenvalue weighted by Gasteiger charge is 2.22. The van der Waals surface area contributed by atoms with Gasteiger partial charge in [0.05, 0.1) is 6.61 Å². The van der Waals surface area contributed by atoms with Crippen molar-refractivity contribution < 1.29 is 14.3 Å². The SMILES string of the molecule is CCCOc1ccc(C(=O)CCC(=O)NC2CCCCC2C)cc1. The number of ketones is 1. The van der Waals surface area contributed by atoms with Crippen LogP contribution in [0.3, 0.4) is 0 Å². The van der Waals surface area contributed by atoms with Crippen molar-refractivity contribution in [2.45, 2.75) is 64.8 Å². The van der Waals surface area contributed by atoms with Crippen molar-refractivity contribution in [2.24, 2.45) is 5.92 Å². The van der Waals surface area contributed by atoms with E-state index in [9.17, 15) is 9.59 Å². The van der Waals surface area contributed by atoms with Crippen molar-refractivity contribution >= 4 is 11.7 Å². The molecule has 0 heterocycles. The van der Waals surface area contributed by atoms with E-state index in [2.05, 4.69) is 19.2 Å². The molecule has 2 rings (SSSR count). The van der Waals surface area contributed by atoms with Crippen molar-refractivity contribution in [1.82, 2.24) is 5.32 Å². The number of ether oxygens (including phenoxy) is 1. The smallest absolute Gasteiger partial charge is 0.220 e. The fraction of sp³-hybridized carbons (Fsp3) is 0.600. The van der Waals surface area contributed by atoms with Gasteiger partial charge < -0.3 is 10.1 Å². The van der Waals surface area contributed by atoms with Gasteiger partial charge in [0.15, 0.2) is 5.78 Å². The Balaban J connectivity index is 1.76. The molecule has 4 nitrogen and oxygen atoms in total. The Morgan fingerprint density at radius 3 is 2.50 bits per heavy atom. The number of rotatable bonds is 8. The summed E-state index contributed by atoms with van der Waals surface area (Å²) in [4.78, 5) is 24.3. The van der Waals surface area contributed by atoms with Crippen LogP contribution in [0.25, 0.3) is 0 Å². The van der Waals surface area contributed by atoms with Gasteiger partial charge in [-0.3, -0.25) is 9.59 Å². The van der Waals surface area contributed by atoms with Crippen molar-refractivity contribution in [3.63, 3.8) is 0 Å². The maximum absolute atomic E-state index is 12.2. The first-order chi connectivity index (χ1) is 11.6. The Bertz CT molecular complexity index is 538. The molecule has 132 valence electrons. The topological polar surface area (TPSA) is 55.4 Å². The minimum absolute atomic E-state index is 0.00360. The van der Waals surface area contributed by atoms with Crippen LogP contribution in [0.15, 0.2) is 24.3 Å². The van der Waals surface area contributed by atoms with Crippen LogP contribution in [0.2, 0.25) is 0 Å². The van der Waals surface area contributed by atoms with Crippen molar-refractivity contribution in [3.05, 3.63) is 29.8 Å². The maximum atomic E-state index is 12.2. The van der Waals surface area contributed by atoms with E-state index in [0.717, 1.165) is 18.6 Å². The van der Waals surface area contributed by atoms with Gasteiger partial charge in [-0.2, -0.15) is 0 Å². The second-order valence-electron chi connectivity index (χ2n) is 6.73. The average Bonchev–Trinajstić information content (AvgIpc) is 2.60. The Kier molecular flexibility index (Phi) is 7.29. The number of carbonyl (C=O) groups is 2. The maximum Gasteiger partial charge on any atom is 0.220 e. The van der Waals surface area contributed by atoms with E-state index >= 15 is 0 Å². The molecule has 1 fully saturated rings. The largest absolute Gasteiger partial charge is 0.494 e. The Hall–Kier alpha value is -1.84. The van der Waals surface area contributed by atoms with Gasteiger partial charge in [0.2, 0.25) is 5.91 Å². The van der Waals surface area contributed by atoms with E-state index in [1.165, 1.54) is 19.3 Å². The number of carbonyl (C=O) groups excluding carboxylic acids is 2. The van der Waals surface area contributed by atoms with Crippen LogP contribution in [0.4, 0.5) is 0 Å². The number of Topliss-reactive ketones (excluding diaryl/α,β-unsaturated/α-hetero) is 1. The molecule has 2 atom stereocenters. The zero-order valence-corrected chi connectivity index (χ0v) is 14.8. The molecule has 0 aromatic heterocycles. The highest BCUT2D eigenvalue weighted by Crippen LogP contribution is 2.23. The summed E-state index contributed by atoms with van der Waals surface area (Å²) in [6, 6.07) is 7.44. The Labute approximate surface area is 145 Å². The summed E-state index contributed by atoms with van der Waals surface area (Å²) in [7, 11) is 0. The lowest BCUT2D eigenvalue weighted by atomic mass is 9.86. The molecule has 1 saturated carbocycles. The molecule has 24 heavy (non-hydrogen) atoms. The predicted molar refractivity (Wildman–Crippen MR) is 95.4 cm³/mol. The van der Waals surface area contributed by atoms with Gasteiger partial charge in [0, 0.05) is 24.4 Å². The Morgan fingerprint density at radius 2 is 1.83 bits per heavy atom. The molecule has 1 amide bonds. The van der Waals surface area contributed by atoms with Gasteiger partial charge in [-0.1, -0.05) is 26.7 Å². The van der Waals surface area contributed by atoms with E-state index in [-0.39, 0.29) is 30.6 Å². The predicted octanol–water partition coefficient (Wildman–Crippen LogP) is 4.13. The molecule has 1 aliphatic carbocycles. The van der Waals surface area contributed by atoms with Crippen LogP contribution in [-0.4, -0.2) is 24.3 Å². The van der Waals surface area contributed by atoms with Crippen LogP contribution >= 0.6 is 0 Å². The fourth-order valence-electron chi connectivity index (χ4n) is 3.14. The van der Waals surface area contributed by atoms with E-state index in [1.807, 2.05) is 12.1 Å². The molecule has 0 radical (unpaired) electrons. The minimum Gasteiger partial charge on any atom is -0.494 e. The van der Waals surface area contributed by atoms with Gasteiger partial charge in [0.1, 0.15) is 5.75 Å². The Morgan fingerprint density at radius 1 is 1.12 bits per heavy atom. The second kappa shape index (κ2) is 9.45. The van der Waals surface area contributed by atoms with Crippen LogP contribution in [0.1, 0.15) is 69.2 Å². The number of nitrogens with one attached hydrogen (secondary N) is 1.